The van der Waals surface area contributed by atoms with E-state index < -0.39 is 17.6 Å². The van der Waals surface area contributed by atoms with Gasteiger partial charge in [0.05, 0.1) is 16.9 Å². The molecule has 0 radical (unpaired) electrons. The number of rotatable bonds is 2. The fraction of sp³-hybridized carbons (Fsp3) is 0.167. The van der Waals surface area contributed by atoms with E-state index in [2.05, 4.69) is 26.3 Å². The average molecular weight is 363 g/mol. The number of anilines is 2. The summed E-state index contributed by atoms with van der Waals surface area (Å²) in [6.45, 7) is 0. The first-order valence-corrected chi connectivity index (χ1v) is 6.45. The van der Waals surface area contributed by atoms with E-state index in [-0.39, 0.29) is 21.5 Å². The van der Waals surface area contributed by atoms with Gasteiger partial charge in [-0.05, 0) is 18.2 Å². The molecule has 0 spiro atoms. The predicted molar refractivity (Wildman–Crippen MR) is 74.7 cm³/mol. The van der Waals surface area contributed by atoms with E-state index in [1.807, 2.05) is 0 Å². The van der Waals surface area contributed by atoms with E-state index >= 15 is 0 Å². The number of aromatic nitrogens is 2. The molecule has 9 heteroatoms. The van der Waals surface area contributed by atoms with Crippen molar-refractivity contribution in [2.75, 3.05) is 11.1 Å². The van der Waals surface area contributed by atoms with Gasteiger partial charge in [-0.25, -0.2) is 0 Å². The van der Waals surface area contributed by atoms with Gasteiger partial charge in [-0.1, -0.05) is 15.9 Å². The standard InChI is InChI=1S/C12H10BrF3N4O/c1-20-5-8(17)10(19-20)11(21)18-9-3-2-6(13)4-7(9)12(14,15)16/h2-5H,17H2,1H3,(H,18,21). The Morgan fingerprint density at radius 3 is 2.62 bits per heavy atom. The van der Waals surface area contributed by atoms with Gasteiger partial charge in [0.2, 0.25) is 0 Å². The number of carbonyl (C=O) groups is 1. The Labute approximate surface area is 126 Å². The number of hydrogen-bond acceptors (Lipinski definition) is 3. The summed E-state index contributed by atoms with van der Waals surface area (Å²) in [6, 6.07) is 3.44. The van der Waals surface area contributed by atoms with Gasteiger partial charge in [0.25, 0.3) is 5.91 Å². The molecule has 0 bridgehead atoms. The third-order valence-corrected chi connectivity index (χ3v) is 3.10. The number of aryl methyl sites for hydroxylation is 1. The number of nitrogens with two attached hydrogens (primary N) is 1. The van der Waals surface area contributed by atoms with Gasteiger partial charge in [-0.3, -0.25) is 9.48 Å². The molecule has 2 aromatic rings. The van der Waals surface area contributed by atoms with E-state index in [9.17, 15) is 18.0 Å². The van der Waals surface area contributed by atoms with E-state index in [4.69, 9.17) is 5.73 Å². The van der Waals surface area contributed by atoms with E-state index in [1.165, 1.54) is 16.9 Å². The number of nitrogens with one attached hydrogen (secondary N) is 1. The number of hydrogen-bond donors (Lipinski definition) is 2. The van der Waals surface area contributed by atoms with Gasteiger partial charge in [-0.2, -0.15) is 18.3 Å². The van der Waals surface area contributed by atoms with Gasteiger partial charge in [-0.15, -0.1) is 0 Å². The Morgan fingerprint density at radius 2 is 2.10 bits per heavy atom. The summed E-state index contributed by atoms with van der Waals surface area (Å²) in [5.74, 6) is -0.805. The van der Waals surface area contributed by atoms with Gasteiger partial charge < -0.3 is 11.1 Å². The van der Waals surface area contributed by atoms with Crippen molar-refractivity contribution in [3.05, 3.63) is 40.1 Å². The van der Waals surface area contributed by atoms with Crippen molar-refractivity contribution < 1.29 is 18.0 Å². The molecule has 0 saturated carbocycles. The number of amides is 1. The van der Waals surface area contributed by atoms with Crippen molar-refractivity contribution in [2.45, 2.75) is 6.18 Å². The highest BCUT2D eigenvalue weighted by atomic mass is 79.9. The molecular weight excluding hydrogens is 353 g/mol. The van der Waals surface area contributed by atoms with Gasteiger partial charge in [0, 0.05) is 17.7 Å². The fourth-order valence-electron chi connectivity index (χ4n) is 1.72. The van der Waals surface area contributed by atoms with Crippen molar-refractivity contribution in [2.24, 2.45) is 7.05 Å². The van der Waals surface area contributed by atoms with Crippen LogP contribution in [-0.4, -0.2) is 15.7 Å². The molecule has 0 aliphatic carbocycles. The summed E-state index contributed by atoms with van der Waals surface area (Å²) in [4.78, 5) is 12.0. The fourth-order valence-corrected chi connectivity index (χ4v) is 2.09. The molecule has 0 aliphatic rings. The molecule has 0 unspecified atom stereocenters. The van der Waals surface area contributed by atoms with Crippen molar-refractivity contribution in [1.29, 1.82) is 0 Å². The number of nitrogen functional groups attached to an aromatic ring is 1. The molecule has 0 fully saturated rings. The molecule has 0 atom stereocenters. The number of carbonyl (C=O) groups excluding carboxylic acids is 1. The van der Waals surface area contributed by atoms with Crippen LogP contribution in [0.25, 0.3) is 0 Å². The Morgan fingerprint density at radius 1 is 1.43 bits per heavy atom. The Kier molecular flexibility index (Phi) is 3.95. The quantitative estimate of drug-likeness (QED) is 0.862. The van der Waals surface area contributed by atoms with E-state index in [0.717, 1.165) is 12.1 Å². The summed E-state index contributed by atoms with van der Waals surface area (Å²) in [7, 11) is 1.55. The lowest BCUT2D eigenvalue weighted by molar-refractivity contribution is -0.136. The molecule has 1 amide bonds. The zero-order valence-corrected chi connectivity index (χ0v) is 12.3. The molecule has 5 nitrogen and oxygen atoms in total. The molecular formula is C12H10BrF3N4O. The maximum Gasteiger partial charge on any atom is 0.418 e. The monoisotopic (exact) mass is 362 g/mol. The van der Waals surface area contributed by atoms with Crippen molar-refractivity contribution in [1.82, 2.24) is 9.78 Å². The van der Waals surface area contributed by atoms with E-state index in [1.54, 1.807) is 7.05 Å². The number of nitrogens with zero attached hydrogens (tertiary/aromatic N) is 2. The minimum atomic E-state index is -4.60. The first kappa shape index (κ1) is 15.4. The lowest BCUT2D eigenvalue weighted by atomic mass is 10.1. The molecule has 21 heavy (non-hydrogen) atoms. The second-order valence-electron chi connectivity index (χ2n) is 4.25. The Bertz CT molecular complexity index is 696. The Hall–Kier alpha value is -2.03. The molecule has 0 saturated heterocycles. The van der Waals surface area contributed by atoms with Crippen LogP contribution in [0.4, 0.5) is 24.5 Å². The number of alkyl halides is 3. The van der Waals surface area contributed by atoms with Gasteiger partial charge >= 0.3 is 6.18 Å². The molecule has 1 heterocycles. The molecule has 1 aromatic heterocycles. The summed E-state index contributed by atoms with van der Waals surface area (Å²) in [6.07, 6.45) is -3.21. The first-order chi connectivity index (χ1) is 9.68. The maximum atomic E-state index is 12.9. The zero-order chi connectivity index (χ0) is 15.8. The summed E-state index contributed by atoms with van der Waals surface area (Å²) >= 11 is 2.97. The summed E-state index contributed by atoms with van der Waals surface area (Å²) < 4.78 is 40.4. The minimum absolute atomic E-state index is 0.0840. The zero-order valence-electron chi connectivity index (χ0n) is 10.7. The average Bonchev–Trinajstić information content (AvgIpc) is 2.69. The van der Waals surface area contributed by atoms with Crippen LogP contribution in [0.15, 0.2) is 28.9 Å². The number of halogens is 4. The van der Waals surface area contributed by atoms with Crippen LogP contribution < -0.4 is 11.1 Å². The molecule has 2 rings (SSSR count). The lowest BCUT2D eigenvalue weighted by Gasteiger charge is -2.13. The second kappa shape index (κ2) is 5.40. The third-order valence-electron chi connectivity index (χ3n) is 2.61. The van der Waals surface area contributed by atoms with E-state index in [0.29, 0.717) is 0 Å². The molecule has 0 aliphatic heterocycles. The largest absolute Gasteiger partial charge is 0.418 e. The normalized spacial score (nSPS) is 11.5. The highest BCUT2D eigenvalue weighted by molar-refractivity contribution is 9.10. The molecule has 1 aromatic carbocycles. The smallest absolute Gasteiger partial charge is 0.396 e. The highest BCUT2D eigenvalue weighted by Gasteiger charge is 2.34. The second-order valence-corrected chi connectivity index (χ2v) is 5.16. The van der Waals surface area contributed by atoms with Crippen LogP contribution in [0.5, 0.6) is 0 Å². The van der Waals surface area contributed by atoms with Crippen LogP contribution in [0, 0.1) is 0 Å². The highest BCUT2D eigenvalue weighted by Crippen LogP contribution is 2.36. The lowest BCUT2D eigenvalue weighted by Crippen LogP contribution is -2.18. The third kappa shape index (κ3) is 3.35. The van der Waals surface area contributed by atoms with Crippen molar-refractivity contribution in [3.8, 4) is 0 Å². The number of benzene rings is 1. The van der Waals surface area contributed by atoms with Crippen LogP contribution in [-0.2, 0) is 13.2 Å². The van der Waals surface area contributed by atoms with Crippen LogP contribution in [0.2, 0.25) is 0 Å². The van der Waals surface area contributed by atoms with Gasteiger partial charge in [0.15, 0.2) is 5.69 Å². The SMILES string of the molecule is Cn1cc(N)c(C(=O)Nc2ccc(Br)cc2C(F)(F)F)n1. The summed E-state index contributed by atoms with van der Waals surface area (Å²) in [5, 5.41) is 5.98. The van der Waals surface area contributed by atoms with Crippen molar-refractivity contribution >= 4 is 33.2 Å². The topological polar surface area (TPSA) is 72.9 Å². The van der Waals surface area contributed by atoms with Crippen LogP contribution >= 0.6 is 15.9 Å². The predicted octanol–water partition coefficient (Wildman–Crippen LogP) is 3.04. The van der Waals surface area contributed by atoms with Crippen molar-refractivity contribution in [3.63, 3.8) is 0 Å². The maximum absolute atomic E-state index is 12.9. The molecule has 3 N–H and O–H groups in total. The minimum Gasteiger partial charge on any atom is -0.396 e. The summed E-state index contributed by atoms with van der Waals surface area (Å²) in [5.41, 5.74) is 4.20. The molecule has 112 valence electrons. The van der Waals surface area contributed by atoms with Crippen LogP contribution in [0.1, 0.15) is 16.1 Å². The van der Waals surface area contributed by atoms with Crippen LogP contribution in [0.3, 0.4) is 0 Å². The van der Waals surface area contributed by atoms with Gasteiger partial charge in [0.1, 0.15) is 0 Å². The Balaban J connectivity index is 2.36. The first-order valence-electron chi connectivity index (χ1n) is 5.65.